The van der Waals surface area contributed by atoms with Gasteiger partial charge in [0.05, 0.1) is 5.56 Å². The van der Waals surface area contributed by atoms with E-state index in [0.29, 0.717) is 12.6 Å². The van der Waals surface area contributed by atoms with Crippen LogP contribution in [0.1, 0.15) is 24.0 Å². The van der Waals surface area contributed by atoms with Crippen LogP contribution in [-0.4, -0.2) is 19.1 Å². The van der Waals surface area contributed by atoms with Crippen LogP contribution in [0.2, 0.25) is 0 Å². The van der Waals surface area contributed by atoms with Crippen LogP contribution in [0.4, 0.5) is 13.2 Å². The van der Waals surface area contributed by atoms with E-state index in [-0.39, 0.29) is 0 Å². The molecule has 1 aliphatic heterocycles. The minimum Gasteiger partial charge on any atom is -0.317 e. The normalized spacial score (nSPS) is 17.9. The van der Waals surface area contributed by atoms with E-state index < -0.39 is 11.7 Å². The van der Waals surface area contributed by atoms with Gasteiger partial charge in [0.1, 0.15) is 0 Å². The van der Waals surface area contributed by atoms with E-state index in [1.54, 1.807) is 0 Å². The van der Waals surface area contributed by atoms with Crippen LogP contribution in [0.25, 0.3) is 0 Å². The van der Waals surface area contributed by atoms with Gasteiger partial charge < -0.3 is 10.6 Å². The van der Waals surface area contributed by atoms with Crippen molar-refractivity contribution >= 4 is 0 Å². The number of hydrogen-bond acceptors (Lipinski definition) is 2. The van der Waals surface area contributed by atoms with Gasteiger partial charge in [-0.05, 0) is 43.6 Å². The van der Waals surface area contributed by atoms with Crippen molar-refractivity contribution in [3.8, 4) is 0 Å². The van der Waals surface area contributed by atoms with Gasteiger partial charge in [-0.3, -0.25) is 0 Å². The zero-order valence-electron chi connectivity index (χ0n) is 10.1. The second-order valence-electron chi connectivity index (χ2n) is 4.60. The zero-order valence-corrected chi connectivity index (χ0v) is 10.1. The molecule has 0 spiro atoms. The Morgan fingerprint density at radius 2 is 1.72 bits per heavy atom. The molecule has 1 heterocycles. The maximum atomic E-state index is 12.4. The predicted molar refractivity (Wildman–Crippen MR) is 64.2 cm³/mol. The van der Waals surface area contributed by atoms with Gasteiger partial charge in [0.15, 0.2) is 0 Å². The average molecular weight is 258 g/mol. The highest BCUT2D eigenvalue weighted by Crippen LogP contribution is 2.29. The van der Waals surface area contributed by atoms with Gasteiger partial charge in [-0.25, -0.2) is 0 Å². The van der Waals surface area contributed by atoms with Gasteiger partial charge >= 0.3 is 6.18 Å². The minimum absolute atomic E-state index is 0.466. The quantitative estimate of drug-likeness (QED) is 0.870. The first-order valence-corrected chi connectivity index (χ1v) is 6.16. The number of rotatable bonds is 3. The Balaban J connectivity index is 1.86. The SMILES string of the molecule is FC(F)(F)c1ccc(CNC2CCNCC2)cc1. The second-order valence-corrected chi connectivity index (χ2v) is 4.60. The number of benzene rings is 1. The molecule has 0 saturated carbocycles. The Morgan fingerprint density at radius 3 is 2.28 bits per heavy atom. The third-order valence-corrected chi connectivity index (χ3v) is 3.22. The summed E-state index contributed by atoms with van der Waals surface area (Å²) in [6.07, 6.45) is -2.11. The van der Waals surface area contributed by atoms with Gasteiger partial charge in [-0.2, -0.15) is 13.2 Å². The first-order valence-electron chi connectivity index (χ1n) is 6.16. The van der Waals surface area contributed by atoms with E-state index in [9.17, 15) is 13.2 Å². The molecule has 2 nitrogen and oxygen atoms in total. The Kier molecular flexibility index (Phi) is 4.24. The number of nitrogens with one attached hydrogen (secondary N) is 2. The molecule has 0 aromatic heterocycles. The summed E-state index contributed by atoms with van der Waals surface area (Å²) in [4.78, 5) is 0. The smallest absolute Gasteiger partial charge is 0.317 e. The summed E-state index contributed by atoms with van der Waals surface area (Å²) in [7, 11) is 0. The molecule has 1 aromatic carbocycles. The van der Waals surface area contributed by atoms with Gasteiger partial charge in [0.25, 0.3) is 0 Å². The molecule has 0 aliphatic carbocycles. The molecule has 2 N–H and O–H groups in total. The number of alkyl halides is 3. The van der Waals surface area contributed by atoms with Crippen LogP contribution in [0.5, 0.6) is 0 Å². The van der Waals surface area contributed by atoms with Crippen molar-refractivity contribution in [3.63, 3.8) is 0 Å². The van der Waals surface area contributed by atoms with Crippen LogP contribution >= 0.6 is 0 Å². The zero-order chi connectivity index (χ0) is 13.0. The molecule has 2 rings (SSSR count). The van der Waals surface area contributed by atoms with E-state index >= 15 is 0 Å². The van der Waals surface area contributed by atoms with Crippen molar-refractivity contribution in [1.29, 1.82) is 0 Å². The molecule has 0 bridgehead atoms. The van der Waals surface area contributed by atoms with E-state index in [0.717, 1.165) is 43.6 Å². The second kappa shape index (κ2) is 5.71. The molecule has 1 aliphatic rings. The van der Waals surface area contributed by atoms with Crippen molar-refractivity contribution < 1.29 is 13.2 Å². The highest BCUT2D eigenvalue weighted by molar-refractivity contribution is 5.24. The highest BCUT2D eigenvalue weighted by Gasteiger charge is 2.29. The lowest BCUT2D eigenvalue weighted by Gasteiger charge is -2.23. The van der Waals surface area contributed by atoms with Crippen molar-refractivity contribution in [2.24, 2.45) is 0 Å². The van der Waals surface area contributed by atoms with Crippen LogP contribution in [0.3, 0.4) is 0 Å². The fourth-order valence-electron chi connectivity index (χ4n) is 2.10. The molecule has 0 amide bonds. The Labute approximate surface area is 105 Å². The van der Waals surface area contributed by atoms with Crippen molar-refractivity contribution in [3.05, 3.63) is 35.4 Å². The molecule has 1 fully saturated rings. The lowest BCUT2D eigenvalue weighted by atomic mass is 10.1. The maximum Gasteiger partial charge on any atom is 0.416 e. The third-order valence-electron chi connectivity index (χ3n) is 3.22. The maximum absolute atomic E-state index is 12.4. The van der Waals surface area contributed by atoms with E-state index in [2.05, 4.69) is 10.6 Å². The van der Waals surface area contributed by atoms with Gasteiger partial charge in [0.2, 0.25) is 0 Å². The first kappa shape index (κ1) is 13.4. The van der Waals surface area contributed by atoms with Crippen LogP contribution in [0, 0.1) is 0 Å². The lowest BCUT2D eigenvalue weighted by molar-refractivity contribution is -0.137. The monoisotopic (exact) mass is 258 g/mol. The van der Waals surface area contributed by atoms with Crippen LogP contribution in [0.15, 0.2) is 24.3 Å². The Bertz CT molecular complexity index is 367. The summed E-state index contributed by atoms with van der Waals surface area (Å²) >= 11 is 0. The summed E-state index contributed by atoms with van der Waals surface area (Å²) in [6, 6.07) is 5.82. The molecule has 5 heteroatoms. The molecule has 0 atom stereocenters. The minimum atomic E-state index is -4.25. The predicted octanol–water partition coefficient (Wildman–Crippen LogP) is 2.55. The first-order chi connectivity index (χ1) is 8.55. The Morgan fingerprint density at radius 1 is 1.11 bits per heavy atom. The summed E-state index contributed by atoms with van der Waals surface area (Å²) in [5.41, 5.74) is 0.301. The van der Waals surface area contributed by atoms with E-state index in [4.69, 9.17) is 0 Å². The topological polar surface area (TPSA) is 24.1 Å². The summed E-state index contributed by atoms with van der Waals surface area (Å²) in [5.74, 6) is 0. The summed E-state index contributed by atoms with van der Waals surface area (Å²) in [6.45, 7) is 2.64. The number of piperidine rings is 1. The lowest BCUT2D eigenvalue weighted by Crippen LogP contribution is -2.39. The molecule has 100 valence electrons. The molecule has 1 aromatic rings. The van der Waals surface area contributed by atoms with Crippen LogP contribution < -0.4 is 10.6 Å². The van der Waals surface area contributed by atoms with Crippen molar-refractivity contribution in [1.82, 2.24) is 10.6 Å². The standard InChI is InChI=1S/C13H17F3N2/c14-13(15,16)11-3-1-10(2-4-11)9-18-12-5-7-17-8-6-12/h1-4,12,17-18H,5-9H2. The van der Waals surface area contributed by atoms with E-state index in [1.165, 1.54) is 12.1 Å². The number of hydrogen-bond donors (Lipinski definition) is 2. The third kappa shape index (κ3) is 3.71. The fourth-order valence-corrected chi connectivity index (χ4v) is 2.10. The van der Waals surface area contributed by atoms with Gasteiger partial charge in [0, 0.05) is 12.6 Å². The summed E-state index contributed by atoms with van der Waals surface area (Å²) < 4.78 is 37.1. The van der Waals surface area contributed by atoms with E-state index in [1.807, 2.05) is 0 Å². The molecule has 18 heavy (non-hydrogen) atoms. The highest BCUT2D eigenvalue weighted by atomic mass is 19.4. The molecule has 0 unspecified atom stereocenters. The van der Waals surface area contributed by atoms with Crippen LogP contribution in [-0.2, 0) is 12.7 Å². The Hall–Kier alpha value is -1.07. The summed E-state index contributed by atoms with van der Waals surface area (Å²) in [5, 5.41) is 6.65. The molecule has 0 radical (unpaired) electrons. The van der Waals surface area contributed by atoms with Gasteiger partial charge in [-0.15, -0.1) is 0 Å². The number of halogens is 3. The average Bonchev–Trinajstić information content (AvgIpc) is 2.37. The molecular formula is C13H17F3N2. The van der Waals surface area contributed by atoms with Crippen molar-refractivity contribution in [2.45, 2.75) is 31.6 Å². The largest absolute Gasteiger partial charge is 0.416 e. The fraction of sp³-hybridized carbons (Fsp3) is 0.538. The molecular weight excluding hydrogens is 241 g/mol. The molecule has 1 saturated heterocycles. The van der Waals surface area contributed by atoms with Crippen molar-refractivity contribution in [2.75, 3.05) is 13.1 Å². The van der Waals surface area contributed by atoms with Gasteiger partial charge in [-0.1, -0.05) is 12.1 Å².